The van der Waals surface area contributed by atoms with Crippen LogP contribution in [0.2, 0.25) is 0 Å². The lowest BCUT2D eigenvalue weighted by Gasteiger charge is -2.19. The molecule has 1 aromatic rings. The Morgan fingerprint density at radius 1 is 1.11 bits per heavy atom. The molecule has 1 heterocycles. The van der Waals surface area contributed by atoms with Crippen LogP contribution in [0.1, 0.15) is 89.4 Å². The van der Waals surface area contributed by atoms with Crippen LogP contribution in [0.5, 0.6) is 0 Å². The molecule has 0 aromatic carbocycles. The summed E-state index contributed by atoms with van der Waals surface area (Å²) in [4.78, 5) is 62.7. The number of carbonyl (C=O) groups excluding carboxylic acids is 4. The molecular weight excluding hydrogens is 476 g/mol. The quantitative estimate of drug-likeness (QED) is 0.156. The Labute approximate surface area is 208 Å². The molecule has 1 aromatic heterocycles. The van der Waals surface area contributed by atoms with E-state index in [9.17, 15) is 29.1 Å². The average Bonchev–Trinajstić information content (AvgIpc) is 3.25. The van der Waals surface area contributed by atoms with Gasteiger partial charge in [-0.05, 0) is 26.2 Å². The van der Waals surface area contributed by atoms with Crippen LogP contribution in [0.4, 0.5) is 4.79 Å². The van der Waals surface area contributed by atoms with Gasteiger partial charge in [0, 0.05) is 32.2 Å². The lowest BCUT2D eigenvalue weighted by Crippen LogP contribution is -2.52. The third kappa shape index (κ3) is 11.3. The zero-order valence-electron chi connectivity index (χ0n) is 20.8. The molecule has 0 aliphatic rings. The fourth-order valence-corrected chi connectivity index (χ4v) is 3.44. The van der Waals surface area contributed by atoms with Gasteiger partial charge in [-0.2, -0.15) is 4.98 Å². The Balaban J connectivity index is 3.00. The van der Waals surface area contributed by atoms with Crippen LogP contribution in [-0.2, 0) is 19.2 Å². The van der Waals surface area contributed by atoms with Crippen LogP contribution in [0.15, 0.2) is 4.52 Å². The van der Waals surface area contributed by atoms with Gasteiger partial charge in [-0.25, -0.2) is 9.59 Å². The standard InChI is InChI=1S/C22H36N6O8/c1-4-7-15(31)10-14(8-5-6-9-24-13(3)30)19-27-20(36-28-19)16(11-17(23)32)25-22(35)26-18(12(2)29)21(33)34/h12,14,16,18,29H,4-11H2,1-3H3,(H2,23,32)(H,24,30)(H,33,34)(H2,25,26,35)/t12?,14-,16+,18+/m1/s1. The SMILES string of the molecule is CCCC(=O)C[C@@H](CCCCNC(C)=O)c1noc([C@H](CC(N)=O)NC(=O)N[C@H](C(=O)O)C(C)O)n1. The smallest absolute Gasteiger partial charge is 0.328 e. The van der Waals surface area contributed by atoms with Gasteiger partial charge in [0.15, 0.2) is 11.9 Å². The van der Waals surface area contributed by atoms with E-state index >= 15 is 0 Å². The second kappa shape index (κ2) is 15.4. The van der Waals surface area contributed by atoms with E-state index < -0.39 is 42.5 Å². The summed E-state index contributed by atoms with van der Waals surface area (Å²) in [6, 6.07) is -3.76. The van der Waals surface area contributed by atoms with Crippen LogP contribution in [-0.4, -0.2) is 68.6 Å². The molecule has 14 heteroatoms. The van der Waals surface area contributed by atoms with E-state index in [1.807, 2.05) is 6.92 Å². The van der Waals surface area contributed by atoms with E-state index in [0.29, 0.717) is 38.6 Å². The number of aromatic nitrogens is 2. The Hall–Kier alpha value is -3.55. The Bertz CT molecular complexity index is 903. The summed E-state index contributed by atoms with van der Waals surface area (Å²) in [6.07, 6.45) is 1.36. The maximum absolute atomic E-state index is 12.3. The minimum atomic E-state index is -1.59. The van der Waals surface area contributed by atoms with Crippen molar-refractivity contribution in [1.82, 2.24) is 26.1 Å². The number of carboxylic acid groups (broad SMARTS) is 1. The number of Topliss-reactive ketones (excluding diaryl/α,β-unsaturated/α-hetero) is 1. The van der Waals surface area contributed by atoms with Crippen LogP contribution >= 0.6 is 0 Å². The first-order chi connectivity index (χ1) is 16.9. The zero-order chi connectivity index (χ0) is 27.3. The monoisotopic (exact) mass is 512 g/mol. The lowest BCUT2D eigenvalue weighted by molar-refractivity contribution is -0.141. The van der Waals surface area contributed by atoms with Crippen molar-refractivity contribution in [3.63, 3.8) is 0 Å². The summed E-state index contributed by atoms with van der Waals surface area (Å²) in [6.45, 7) is 5.01. The molecule has 0 saturated heterocycles. The Kier molecular flexibility index (Phi) is 13.1. The molecule has 1 rings (SSSR count). The van der Waals surface area contributed by atoms with E-state index in [1.54, 1.807) is 0 Å². The summed E-state index contributed by atoms with van der Waals surface area (Å²) < 4.78 is 5.26. The number of carboxylic acids is 1. The second-order valence-corrected chi connectivity index (χ2v) is 8.56. The van der Waals surface area contributed by atoms with Gasteiger partial charge in [0.1, 0.15) is 11.8 Å². The molecule has 36 heavy (non-hydrogen) atoms. The number of urea groups is 1. The number of hydrogen-bond acceptors (Lipinski definition) is 9. The second-order valence-electron chi connectivity index (χ2n) is 8.56. The average molecular weight is 513 g/mol. The van der Waals surface area contributed by atoms with Gasteiger partial charge in [0.25, 0.3) is 0 Å². The molecular formula is C22H36N6O8. The van der Waals surface area contributed by atoms with Crippen LogP contribution < -0.4 is 21.7 Å². The van der Waals surface area contributed by atoms with Crippen LogP contribution in [0.3, 0.4) is 0 Å². The highest BCUT2D eigenvalue weighted by Crippen LogP contribution is 2.26. The molecule has 0 aliphatic heterocycles. The first-order valence-corrected chi connectivity index (χ1v) is 11.8. The molecule has 202 valence electrons. The number of nitrogens with zero attached hydrogens (tertiary/aromatic N) is 2. The first kappa shape index (κ1) is 30.5. The van der Waals surface area contributed by atoms with E-state index in [2.05, 4.69) is 26.1 Å². The Morgan fingerprint density at radius 2 is 1.81 bits per heavy atom. The van der Waals surface area contributed by atoms with Gasteiger partial charge in [-0.3, -0.25) is 14.4 Å². The molecule has 4 amide bonds. The molecule has 4 atom stereocenters. The highest BCUT2D eigenvalue weighted by atomic mass is 16.5. The van der Waals surface area contributed by atoms with Gasteiger partial charge in [0.05, 0.1) is 12.5 Å². The van der Waals surface area contributed by atoms with Gasteiger partial charge >= 0.3 is 12.0 Å². The van der Waals surface area contributed by atoms with Crippen molar-refractivity contribution in [2.24, 2.45) is 5.73 Å². The largest absolute Gasteiger partial charge is 0.480 e. The topological polar surface area (TPSA) is 227 Å². The fraction of sp³-hybridized carbons (Fsp3) is 0.682. The number of hydrogen-bond donors (Lipinski definition) is 6. The van der Waals surface area contributed by atoms with Gasteiger partial charge in [-0.1, -0.05) is 18.5 Å². The molecule has 1 unspecified atom stereocenters. The number of carbonyl (C=O) groups is 5. The van der Waals surface area contributed by atoms with Crippen molar-refractivity contribution in [1.29, 1.82) is 0 Å². The lowest BCUT2D eigenvalue weighted by atomic mass is 9.94. The summed E-state index contributed by atoms with van der Waals surface area (Å²) in [5.74, 6) is -2.66. The minimum absolute atomic E-state index is 0.0275. The predicted molar refractivity (Wildman–Crippen MR) is 125 cm³/mol. The molecule has 0 bridgehead atoms. The molecule has 0 radical (unpaired) electrons. The number of rotatable bonds is 17. The van der Waals surface area contributed by atoms with E-state index in [1.165, 1.54) is 13.8 Å². The summed E-state index contributed by atoms with van der Waals surface area (Å²) in [5.41, 5.74) is 5.28. The third-order valence-electron chi connectivity index (χ3n) is 5.22. The molecule has 0 aliphatic carbocycles. The van der Waals surface area contributed by atoms with Gasteiger partial charge in [0.2, 0.25) is 17.7 Å². The summed E-state index contributed by atoms with van der Waals surface area (Å²) in [7, 11) is 0. The maximum Gasteiger partial charge on any atom is 0.328 e. The highest BCUT2D eigenvalue weighted by molar-refractivity contribution is 5.83. The number of aliphatic hydroxyl groups excluding tert-OH is 1. The van der Waals surface area contributed by atoms with Crippen molar-refractivity contribution in [3.8, 4) is 0 Å². The molecule has 0 saturated carbocycles. The van der Waals surface area contributed by atoms with Gasteiger partial charge < -0.3 is 36.4 Å². The molecule has 7 N–H and O–H groups in total. The number of nitrogens with one attached hydrogen (secondary N) is 3. The van der Waals surface area contributed by atoms with Crippen molar-refractivity contribution in [3.05, 3.63) is 11.7 Å². The first-order valence-electron chi connectivity index (χ1n) is 11.8. The molecule has 0 fully saturated rings. The number of amides is 4. The normalized spacial score (nSPS) is 14.2. The van der Waals surface area contributed by atoms with Crippen LogP contribution in [0.25, 0.3) is 0 Å². The van der Waals surface area contributed by atoms with Crippen molar-refractivity contribution in [2.45, 2.75) is 89.8 Å². The van der Waals surface area contributed by atoms with Crippen molar-refractivity contribution >= 4 is 29.6 Å². The van der Waals surface area contributed by atoms with E-state index in [0.717, 1.165) is 0 Å². The van der Waals surface area contributed by atoms with E-state index in [-0.39, 0.29) is 35.7 Å². The number of unbranched alkanes of at least 4 members (excludes halogenated alkanes) is 1. The van der Waals surface area contributed by atoms with Gasteiger partial charge in [-0.15, -0.1) is 0 Å². The summed E-state index contributed by atoms with van der Waals surface area (Å²) in [5, 5.41) is 29.8. The van der Waals surface area contributed by atoms with Crippen molar-refractivity contribution in [2.75, 3.05) is 6.54 Å². The Morgan fingerprint density at radius 3 is 2.36 bits per heavy atom. The highest BCUT2D eigenvalue weighted by Gasteiger charge is 2.30. The molecule has 0 spiro atoms. The number of aliphatic carboxylic acids is 1. The van der Waals surface area contributed by atoms with E-state index in [4.69, 9.17) is 15.4 Å². The van der Waals surface area contributed by atoms with Crippen molar-refractivity contribution < 1.29 is 38.7 Å². The minimum Gasteiger partial charge on any atom is -0.480 e. The van der Waals surface area contributed by atoms with Crippen LogP contribution in [0, 0.1) is 0 Å². The third-order valence-corrected chi connectivity index (χ3v) is 5.22. The zero-order valence-corrected chi connectivity index (χ0v) is 20.8. The molecule has 14 nitrogen and oxygen atoms in total. The summed E-state index contributed by atoms with van der Waals surface area (Å²) >= 11 is 0. The number of ketones is 1. The number of primary amides is 1. The number of aliphatic hydroxyl groups is 1. The maximum atomic E-state index is 12.3. The number of nitrogens with two attached hydrogens (primary N) is 1. The fourth-order valence-electron chi connectivity index (χ4n) is 3.44. The predicted octanol–water partition coefficient (Wildman–Crippen LogP) is 0.269.